The zero-order valence-electron chi connectivity index (χ0n) is 28.8. The van der Waals surface area contributed by atoms with Crippen LogP contribution < -0.4 is 0 Å². The number of benzene rings is 8. The van der Waals surface area contributed by atoms with Crippen LogP contribution >= 0.6 is 11.3 Å². The van der Waals surface area contributed by atoms with Gasteiger partial charge in [0.2, 0.25) is 0 Å². The molecule has 0 saturated heterocycles. The standard InChI is InChI=1S/C50H32N2S/c1-4-15-33(16-5-1)39-30-45(35-18-6-2-7-19-35)51-46(31-39)38-23-14-22-37(29-38)41-28-27-34-17-10-11-24-40(34)48(41)44-32-47-49(43-26-13-12-25-42(43)44)53-50(52-47)36-20-8-3-9-21-36/h1-32H. The molecule has 8 aromatic carbocycles. The van der Waals surface area contributed by atoms with Gasteiger partial charge in [0.15, 0.2) is 0 Å². The third-order valence-corrected chi connectivity index (χ3v) is 11.2. The second-order valence-corrected chi connectivity index (χ2v) is 14.4. The molecule has 0 saturated carbocycles. The van der Waals surface area contributed by atoms with Crippen LogP contribution in [-0.2, 0) is 0 Å². The summed E-state index contributed by atoms with van der Waals surface area (Å²) in [7, 11) is 0. The molecule has 10 aromatic rings. The van der Waals surface area contributed by atoms with Crippen LogP contribution in [0.1, 0.15) is 0 Å². The maximum atomic E-state index is 5.26. The maximum absolute atomic E-state index is 5.26. The molecular weight excluding hydrogens is 661 g/mol. The Morgan fingerprint density at radius 2 is 0.925 bits per heavy atom. The van der Waals surface area contributed by atoms with E-state index in [1.165, 1.54) is 48.5 Å². The van der Waals surface area contributed by atoms with E-state index in [1.807, 2.05) is 6.07 Å². The van der Waals surface area contributed by atoms with Gasteiger partial charge < -0.3 is 0 Å². The molecule has 0 aliphatic carbocycles. The van der Waals surface area contributed by atoms with Crippen LogP contribution in [0.2, 0.25) is 0 Å². The van der Waals surface area contributed by atoms with Gasteiger partial charge >= 0.3 is 0 Å². The van der Waals surface area contributed by atoms with E-state index < -0.39 is 0 Å². The Kier molecular flexibility index (Phi) is 7.71. The van der Waals surface area contributed by atoms with Gasteiger partial charge in [0.25, 0.3) is 0 Å². The molecule has 0 spiro atoms. The fraction of sp³-hybridized carbons (Fsp3) is 0. The van der Waals surface area contributed by atoms with Crippen molar-refractivity contribution < 1.29 is 0 Å². The Morgan fingerprint density at radius 3 is 1.68 bits per heavy atom. The average molecular weight is 693 g/mol. The highest BCUT2D eigenvalue weighted by molar-refractivity contribution is 7.22. The normalized spacial score (nSPS) is 11.4. The van der Waals surface area contributed by atoms with Crippen molar-refractivity contribution in [1.82, 2.24) is 9.97 Å². The summed E-state index contributed by atoms with van der Waals surface area (Å²) in [6.45, 7) is 0. The molecule has 2 nitrogen and oxygen atoms in total. The number of rotatable bonds is 6. The van der Waals surface area contributed by atoms with Crippen LogP contribution in [0.15, 0.2) is 194 Å². The van der Waals surface area contributed by atoms with Crippen LogP contribution in [0.4, 0.5) is 0 Å². The molecule has 0 fully saturated rings. The van der Waals surface area contributed by atoms with Crippen LogP contribution in [-0.4, -0.2) is 9.97 Å². The molecule has 0 radical (unpaired) electrons. The molecule has 0 bridgehead atoms. The van der Waals surface area contributed by atoms with Crippen molar-refractivity contribution in [3.05, 3.63) is 194 Å². The first-order valence-electron chi connectivity index (χ1n) is 17.9. The summed E-state index contributed by atoms with van der Waals surface area (Å²) < 4.78 is 1.21. The molecule has 0 unspecified atom stereocenters. The van der Waals surface area contributed by atoms with Crippen LogP contribution in [0.3, 0.4) is 0 Å². The topological polar surface area (TPSA) is 25.8 Å². The van der Waals surface area contributed by atoms with E-state index in [4.69, 9.17) is 9.97 Å². The van der Waals surface area contributed by atoms with Crippen LogP contribution in [0, 0.1) is 0 Å². The third-order valence-electron chi connectivity index (χ3n) is 10.1. The van der Waals surface area contributed by atoms with Crippen molar-refractivity contribution >= 4 is 43.1 Å². The molecular formula is C50H32N2S. The van der Waals surface area contributed by atoms with E-state index in [1.54, 1.807) is 11.3 Å². The zero-order chi connectivity index (χ0) is 35.1. The fourth-order valence-electron chi connectivity index (χ4n) is 7.55. The molecule has 0 aliphatic rings. The molecule has 2 aromatic heterocycles. The largest absolute Gasteiger partial charge is 0.248 e. The molecule has 0 N–H and O–H groups in total. The lowest BCUT2D eigenvalue weighted by molar-refractivity contribution is 1.32. The van der Waals surface area contributed by atoms with Gasteiger partial charge in [-0.15, -0.1) is 11.3 Å². The Labute approximate surface area is 312 Å². The van der Waals surface area contributed by atoms with Gasteiger partial charge in [-0.05, 0) is 73.8 Å². The first-order valence-corrected chi connectivity index (χ1v) is 18.7. The first-order chi connectivity index (χ1) is 26.3. The summed E-state index contributed by atoms with van der Waals surface area (Å²) in [4.78, 5) is 10.5. The lowest BCUT2D eigenvalue weighted by atomic mass is 9.86. The van der Waals surface area contributed by atoms with Gasteiger partial charge in [-0.2, -0.15) is 0 Å². The van der Waals surface area contributed by atoms with Crippen molar-refractivity contribution in [1.29, 1.82) is 0 Å². The highest BCUT2D eigenvalue weighted by atomic mass is 32.1. The van der Waals surface area contributed by atoms with Crippen LogP contribution in [0.5, 0.6) is 0 Å². The van der Waals surface area contributed by atoms with Gasteiger partial charge in [-0.25, -0.2) is 9.97 Å². The maximum Gasteiger partial charge on any atom is 0.124 e. The molecule has 0 amide bonds. The Morgan fingerprint density at radius 1 is 0.340 bits per heavy atom. The van der Waals surface area contributed by atoms with Gasteiger partial charge in [0, 0.05) is 22.1 Å². The number of pyridine rings is 1. The van der Waals surface area contributed by atoms with Crippen molar-refractivity contribution in [3.8, 4) is 66.5 Å². The molecule has 53 heavy (non-hydrogen) atoms. The number of fused-ring (bicyclic) bond motifs is 4. The van der Waals surface area contributed by atoms with Crippen molar-refractivity contribution in [2.45, 2.75) is 0 Å². The van der Waals surface area contributed by atoms with Crippen LogP contribution in [0.25, 0.3) is 98.2 Å². The summed E-state index contributed by atoms with van der Waals surface area (Å²) in [5, 5.41) is 5.91. The van der Waals surface area contributed by atoms with Gasteiger partial charge in [0.05, 0.1) is 21.6 Å². The second kappa shape index (κ2) is 13.1. The minimum Gasteiger partial charge on any atom is -0.248 e. The number of nitrogens with zero attached hydrogens (tertiary/aromatic N) is 2. The van der Waals surface area contributed by atoms with E-state index in [-0.39, 0.29) is 0 Å². The summed E-state index contributed by atoms with van der Waals surface area (Å²) >= 11 is 1.77. The first kappa shape index (κ1) is 31.1. The predicted octanol–water partition coefficient (Wildman–Crippen LogP) is 14.0. The lowest BCUT2D eigenvalue weighted by Crippen LogP contribution is -1.93. The number of hydrogen-bond donors (Lipinski definition) is 0. The van der Waals surface area contributed by atoms with Crippen molar-refractivity contribution in [3.63, 3.8) is 0 Å². The highest BCUT2D eigenvalue weighted by Crippen LogP contribution is 2.45. The lowest BCUT2D eigenvalue weighted by Gasteiger charge is -2.17. The summed E-state index contributed by atoms with van der Waals surface area (Å²) in [6, 6.07) is 69.2. The average Bonchev–Trinajstić information content (AvgIpc) is 3.69. The third kappa shape index (κ3) is 5.68. The molecule has 2 heterocycles. The van der Waals surface area contributed by atoms with E-state index in [0.717, 1.165) is 49.7 Å². The Hall–Kier alpha value is -6.68. The molecule has 10 rings (SSSR count). The van der Waals surface area contributed by atoms with Crippen molar-refractivity contribution in [2.24, 2.45) is 0 Å². The number of thiazole rings is 1. The molecule has 0 atom stereocenters. The van der Waals surface area contributed by atoms with E-state index >= 15 is 0 Å². The zero-order valence-corrected chi connectivity index (χ0v) is 29.6. The summed E-state index contributed by atoms with van der Waals surface area (Å²) in [6.07, 6.45) is 0. The quantitative estimate of drug-likeness (QED) is 0.173. The predicted molar refractivity (Wildman–Crippen MR) is 225 cm³/mol. The molecule has 0 aliphatic heterocycles. The monoisotopic (exact) mass is 692 g/mol. The molecule has 3 heteroatoms. The second-order valence-electron chi connectivity index (χ2n) is 13.4. The number of hydrogen-bond acceptors (Lipinski definition) is 3. The fourth-order valence-corrected chi connectivity index (χ4v) is 8.63. The minimum absolute atomic E-state index is 0.942. The highest BCUT2D eigenvalue weighted by Gasteiger charge is 2.19. The Bertz CT molecular complexity index is 2870. The Balaban J connectivity index is 1.19. The molecule has 248 valence electrons. The van der Waals surface area contributed by atoms with E-state index in [9.17, 15) is 0 Å². The van der Waals surface area contributed by atoms with E-state index in [2.05, 4.69) is 188 Å². The number of aromatic nitrogens is 2. The van der Waals surface area contributed by atoms with Gasteiger partial charge in [-0.3, -0.25) is 0 Å². The summed E-state index contributed by atoms with van der Waals surface area (Å²) in [5.74, 6) is 0. The summed E-state index contributed by atoms with van der Waals surface area (Å²) in [5.41, 5.74) is 13.3. The smallest absolute Gasteiger partial charge is 0.124 e. The van der Waals surface area contributed by atoms with Gasteiger partial charge in [0.1, 0.15) is 5.01 Å². The minimum atomic E-state index is 0.942. The SMILES string of the molecule is c1ccc(-c2cc(-c3ccccc3)nc(-c3cccc(-c4ccc5ccccc5c4-c4cc5nc(-c6ccccc6)sc5c5ccccc45)c3)c2)cc1. The van der Waals surface area contributed by atoms with Gasteiger partial charge in [-0.1, -0.05) is 170 Å². The van der Waals surface area contributed by atoms with Crippen molar-refractivity contribution in [2.75, 3.05) is 0 Å². The van der Waals surface area contributed by atoms with E-state index in [0.29, 0.717) is 0 Å².